The van der Waals surface area contributed by atoms with Crippen LogP contribution in [0.1, 0.15) is 43.7 Å². The van der Waals surface area contributed by atoms with Crippen LogP contribution in [0.3, 0.4) is 0 Å². The van der Waals surface area contributed by atoms with E-state index in [0.29, 0.717) is 28.7 Å². The molecule has 0 bridgehead atoms. The van der Waals surface area contributed by atoms with Crippen LogP contribution in [0.15, 0.2) is 59.7 Å². The van der Waals surface area contributed by atoms with Gasteiger partial charge < -0.3 is 9.30 Å². The first-order valence-electron chi connectivity index (χ1n) is 11.5. The summed E-state index contributed by atoms with van der Waals surface area (Å²) in [5.74, 6) is 0.789. The van der Waals surface area contributed by atoms with Crippen molar-refractivity contribution in [2.75, 3.05) is 7.11 Å². The molecule has 0 saturated heterocycles. The smallest absolute Gasteiger partial charge is 0.265 e. The van der Waals surface area contributed by atoms with Gasteiger partial charge in [0, 0.05) is 11.6 Å². The van der Waals surface area contributed by atoms with E-state index in [1.165, 1.54) is 6.42 Å². The van der Waals surface area contributed by atoms with Gasteiger partial charge in [0.05, 0.1) is 24.7 Å². The van der Waals surface area contributed by atoms with Crippen LogP contribution < -0.4 is 10.3 Å². The van der Waals surface area contributed by atoms with Crippen LogP contribution in [-0.2, 0) is 6.54 Å². The second kappa shape index (κ2) is 7.99. The maximum Gasteiger partial charge on any atom is 0.265 e. The van der Waals surface area contributed by atoms with Gasteiger partial charge in [0.1, 0.15) is 23.0 Å². The minimum Gasteiger partial charge on any atom is -0.496 e. The second-order valence-electron chi connectivity index (χ2n) is 8.73. The number of benzene rings is 2. The predicted octanol–water partition coefficient (Wildman–Crippen LogP) is 4.86. The summed E-state index contributed by atoms with van der Waals surface area (Å²) in [4.78, 5) is 28.4. The molecule has 0 unspecified atom stereocenters. The Kier molecular flexibility index (Phi) is 4.82. The zero-order valence-electron chi connectivity index (χ0n) is 18.6. The summed E-state index contributed by atoms with van der Waals surface area (Å²) in [6.45, 7) is 0.483. The number of para-hydroxylation sites is 3. The minimum absolute atomic E-state index is 0.0275. The normalized spacial score (nSPS) is 14.9. The number of fused-ring (bicyclic) bond motifs is 4. The van der Waals surface area contributed by atoms with Crippen LogP contribution in [0.4, 0.5) is 0 Å². The van der Waals surface area contributed by atoms with E-state index in [9.17, 15) is 4.79 Å². The molecular weight excluding hydrogens is 414 g/mol. The van der Waals surface area contributed by atoms with E-state index in [2.05, 4.69) is 0 Å². The first-order chi connectivity index (χ1) is 16.2. The maximum absolute atomic E-state index is 13.8. The summed E-state index contributed by atoms with van der Waals surface area (Å²) in [5, 5.41) is 0.547. The third kappa shape index (κ3) is 3.26. The Morgan fingerprint density at radius 1 is 0.939 bits per heavy atom. The zero-order chi connectivity index (χ0) is 22.4. The summed E-state index contributed by atoms with van der Waals surface area (Å²) >= 11 is 0. The van der Waals surface area contributed by atoms with E-state index in [-0.39, 0.29) is 11.6 Å². The van der Waals surface area contributed by atoms with Crippen molar-refractivity contribution in [1.82, 2.24) is 24.1 Å². The van der Waals surface area contributed by atoms with Gasteiger partial charge in [-0.05, 0) is 31.0 Å². The van der Waals surface area contributed by atoms with Crippen molar-refractivity contribution in [1.29, 1.82) is 0 Å². The van der Waals surface area contributed by atoms with Gasteiger partial charge in [-0.1, -0.05) is 49.6 Å². The van der Waals surface area contributed by atoms with Gasteiger partial charge in [-0.25, -0.2) is 15.0 Å². The molecule has 7 heteroatoms. The average Bonchev–Trinajstić information content (AvgIpc) is 3.17. The Morgan fingerprint density at radius 2 is 1.67 bits per heavy atom. The van der Waals surface area contributed by atoms with Crippen molar-refractivity contribution in [2.24, 2.45) is 0 Å². The Hall–Kier alpha value is -3.74. The van der Waals surface area contributed by atoms with Crippen molar-refractivity contribution >= 4 is 33.2 Å². The molecule has 1 fully saturated rings. The van der Waals surface area contributed by atoms with Crippen LogP contribution >= 0.6 is 0 Å². The molecule has 0 N–H and O–H groups in total. The highest BCUT2D eigenvalue weighted by Gasteiger charge is 2.23. The molecule has 0 aliphatic heterocycles. The van der Waals surface area contributed by atoms with E-state index < -0.39 is 0 Å². The zero-order valence-corrected chi connectivity index (χ0v) is 18.6. The molecule has 6 rings (SSSR count). The van der Waals surface area contributed by atoms with Crippen molar-refractivity contribution in [3.63, 3.8) is 0 Å². The molecule has 7 nitrogen and oxygen atoms in total. The molecule has 0 atom stereocenters. The lowest BCUT2D eigenvalue weighted by Gasteiger charge is -2.23. The Balaban J connectivity index is 1.64. The summed E-state index contributed by atoms with van der Waals surface area (Å²) in [6.07, 6.45) is 7.28. The largest absolute Gasteiger partial charge is 0.496 e. The number of rotatable bonds is 4. The second-order valence-corrected chi connectivity index (χ2v) is 8.73. The molecule has 0 amide bonds. The molecular formula is C26H25N5O2. The highest BCUT2D eigenvalue weighted by molar-refractivity contribution is 6.04. The monoisotopic (exact) mass is 439 g/mol. The van der Waals surface area contributed by atoms with Crippen molar-refractivity contribution in [2.45, 2.75) is 44.7 Å². The molecule has 1 saturated carbocycles. The maximum atomic E-state index is 13.8. The Labute approximate surface area is 190 Å². The molecule has 1 aliphatic rings. The highest BCUT2D eigenvalue weighted by atomic mass is 16.5. The predicted molar refractivity (Wildman–Crippen MR) is 129 cm³/mol. The number of ether oxygens (including phenoxy) is 1. The molecule has 166 valence electrons. The lowest BCUT2D eigenvalue weighted by Crippen LogP contribution is -2.26. The van der Waals surface area contributed by atoms with Crippen molar-refractivity contribution in [3.05, 3.63) is 70.8 Å². The molecule has 33 heavy (non-hydrogen) atoms. The molecule has 0 spiro atoms. The third-order valence-electron chi connectivity index (χ3n) is 6.77. The van der Waals surface area contributed by atoms with Gasteiger partial charge >= 0.3 is 0 Å². The van der Waals surface area contributed by atoms with E-state index in [1.54, 1.807) is 13.4 Å². The highest BCUT2D eigenvalue weighted by Crippen LogP contribution is 2.30. The van der Waals surface area contributed by atoms with Crippen LogP contribution in [0.2, 0.25) is 0 Å². The SMILES string of the molecule is COc1ccccc1Cn1c2nc3ccccc3nc2c2c(=O)n(C3CCCCC3)cnc21. The molecule has 3 aromatic heterocycles. The summed E-state index contributed by atoms with van der Waals surface area (Å²) in [7, 11) is 1.67. The van der Waals surface area contributed by atoms with Gasteiger partial charge in [-0.3, -0.25) is 9.36 Å². The number of hydrogen-bond donors (Lipinski definition) is 0. The van der Waals surface area contributed by atoms with E-state index in [4.69, 9.17) is 19.7 Å². The van der Waals surface area contributed by atoms with Crippen LogP contribution in [0, 0.1) is 0 Å². The van der Waals surface area contributed by atoms with Crippen LogP contribution in [0.5, 0.6) is 5.75 Å². The van der Waals surface area contributed by atoms with Crippen molar-refractivity contribution < 1.29 is 4.74 Å². The van der Waals surface area contributed by atoms with Crippen LogP contribution in [0.25, 0.3) is 33.2 Å². The molecule has 5 aromatic rings. The van der Waals surface area contributed by atoms with E-state index in [1.807, 2.05) is 57.7 Å². The van der Waals surface area contributed by atoms with Gasteiger partial charge in [0.2, 0.25) is 0 Å². The number of nitrogens with zero attached hydrogens (tertiary/aromatic N) is 5. The average molecular weight is 440 g/mol. The molecule has 1 aliphatic carbocycles. The van der Waals surface area contributed by atoms with Crippen molar-refractivity contribution in [3.8, 4) is 5.75 Å². The summed E-state index contributed by atoms with van der Waals surface area (Å²) in [5.41, 5.74) is 4.42. The fraction of sp³-hybridized carbons (Fsp3) is 0.308. The Bertz CT molecular complexity index is 1550. The minimum atomic E-state index is -0.0275. The standard InChI is InChI=1S/C26H25N5O2/c1-33-21-14-8-5-9-17(21)15-30-24-22(23-25(30)29-20-13-7-6-12-19(20)28-23)26(32)31(16-27-24)18-10-3-2-4-11-18/h5-9,12-14,16,18H,2-4,10-11,15H2,1H3. The van der Waals surface area contributed by atoms with Gasteiger partial charge in [-0.15, -0.1) is 0 Å². The van der Waals surface area contributed by atoms with Gasteiger partial charge in [0.15, 0.2) is 11.3 Å². The molecule has 3 heterocycles. The quantitative estimate of drug-likeness (QED) is 0.400. The first-order valence-corrected chi connectivity index (χ1v) is 11.5. The third-order valence-corrected chi connectivity index (χ3v) is 6.77. The lowest BCUT2D eigenvalue weighted by molar-refractivity contribution is 0.345. The molecule has 2 aromatic carbocycles. The number of methoxy groups -OCH3 is 1. The fourth-order valence-corrected chi connectivity index (χ4v) is 5.09. The summed E-state index contributed by atoms with van der Waals surface area (Å²) in [6, 6.07) is 15.9. The van der Waals surface area contributed by atoms with E-state index >= 15 is 0 Å². The van der Waals surface area contributed by atoms with Gasteiger partial charge in [0.25, 0.3) is 5.56 Å². The lowest BCUT2D eigenvalue weighted by atomic mass is 9.95. The topological polar surface area (TPSA) is 74.8 Å². The number of hydrogen-bond acceptors (Lipinski definition) is 5. The first kappa shape index (κ1) is 19.9. The fourth-order valence-electron chi connectivity index (χ4n) is 5.09. The number of aromatic nitrogens is 5. The van der Waals surface area contributed by atoms with Gasteiger partial charge in [-0.2, -0.15) is 0 Å². The van der Waals surface area contributed by atoms with Crippen LogP contribution in [-0.4, -0.2) is 31.2 Å². The van der Waals surface area contributed by atoms with E-state index in [0.717, 1.165) is 48.0 Å². The molecule has 0 radical (unpaired) electrons. The summed E-state index contributed by atoms with van der Waals surface area (Å²) < 4.78 is 9.39. The Morgan fingerprint density at radius 3 is 2.45 bits per heavy atom.